The highest BCUT2D eigenvalue weighted by Crippen LogP contribution is 2.22. The van der Waals surface area contributed by atoms with E-state index in [9.17, 15) is 8.42 Å². The first kappa shape index (κ1) is 16.6. The Balaban J connectivity index is 1.90. The molecule has 0 amide bonds. The van der Waals surface area contributed by atoms with Crippen molar-refractivity contribution in [3.63, 3.8) is 0 Å². The Labute approximate surface area is 136 Å². The molecule has 0 saturated carbocycles. The van der Waals surface area contributed by atoms with Crippen LogP contribution in [0.3, 0.4) is 0 Å². The molecule has 0 spiro atoms. The van der Waals surface area contributed by atoms with Gasteiger partial charge in [0.25, 0.3) is 0 Å². The van der Waals surface area contributed by atoms with Gasteiger partial charge in [0.05, 0.1) is 9.98 Å². The second kappa shape index (κ2) is 7.50. The monoisotopic (exact) mass is 393 g/mol. The maximum absolute atomic E-state index is 12.1. The smallest absolute Gasteiger partial charge is 0.243 e. The largest absolute Gasteiger partial charge is 0.396 e. The minimum atomic E-state index is -3.53. The molecule has 0 aliphatic carbocycles. The minimum Gasteiger partial charge on any atom is -0.396 e. The fourth-order valence-corrected chi connectivity index (χ4v) is 4.18. The van der Waals surface area contributed by atoms with E-state index in [1.165, 1.54) is 17.1 Å². The lowest BCUT2D eigenvalue weighted by atomic mass is 10.3. The summed E-state index contributed by atoms with van der Waals surface area (Å²) in [6.45, 7) is 0.892. The van der Waals surface area contributed by atoms with Gasteiger partial charge < -0.3 is 5.11 Å². The second-order valence-electron chi connectivity index (χ2n) is 4.37. The fraction of sp³-hybridized carbons (Fsp3) is 0.417. The lowest BCUT2D eigenvalue weighted by Crippen LogP contribution is -2.25. The first-order chi connectivity index (χ1) is 10.0. The van der Waals surface area contributed by atoms with E-state index in [1.807, 2.05) is 12.1 Å². The number of aromatic nitrogens is 2. The maximum atomic E-state index is 12.1. The number of rotatable bonds is 8. The summed E-state index contributed by atoms with van der Waals surface area (Å²) in [7, 11) is -3.53. The van der Waals surface area contributed by atoms with Crippen LogP contribution in [0.25, 0.3) is 0 Å². The average Bonchev–Trinajstić information content (AvgIpc) is 3.06. The molecule has 6 nitrogen and oxygen atoms in total. The van der Waals surface area contributed by atoms with Crippen molar-refractivity contribution in [3.8, 4) is 0 Å². The number of sulfonamides is 1. The van der Waals surface area contributed by atoms with E-state index in [-0.39, 0.29) is 11.5 Å². The highest BCUT2D eigenvalue weighted by atomic mass is 79.9. The van der Waals surface area contributed by atoms with E-state index in [1.54, 1.807) is 11.3 Å². The number of hydrogen-bond donors (Lipinski definition) is 2. The normalized spacial score (nSPS) is 11.9. The zero-order valence-electron chi connectivity index (χ0n) is 11.2. The quantitative estimate of drug-likeness (QED) is 0.713. The van der Waals surface area contributed by atoms with Crippen LogP contribution < -0.4 is 4.72 Å². The molecule has 2 heterocycles. The van der Waals surface area contributed by atoms with Gasteiger partial charge in [-0.25, -0.2) is 13.1 Å². The van der Waals surface area contributed by atoms with Crippen LogP contribution in [0.4, 0.5) is 0 Å². The van der Waals surface area contributed by atoms with E-state index in [2.05, 4.69) is 25.8 Å². The van der Waals surface area contributed by atoms with Gasteiger partial charge in [0.2, 0.25) is 10.0 Å². The van der Waals surface area contributed by atoms with Crippen LogP contribution in [0, 0.1) is 0 Å². The Morgan fingerprint density at radius 1 is 1.43 bits per heavy atom. The van der Waals surface area contributed by atoms with Crippen molar-refractivity contribution in [1.82, 2.24) is 14.5 Å². The van der Waals surface area contributed by atoms with E-state index in [0.29, 0.717) is 25.9 Å². The fourth-order valence-electron chi connectivity index (χ4n) is 1.72. The lowest BCUT2D eigenvalue weighted by Gasteiger charge is -2.03. The number of halogens is 1. The van der Waals surface area contributed by atoms with Gasteiger partial charge in [0, 0.05) is 30.8 Å². The summed E-state index contributed by atoms with van der Waals surface area (Å²) in [5, 5.41) is 12.7. The number of aliphatic hydroxyl groups is 1. The van der Waals surface area contributed by atoms with E-state index < -0.39 is 10.0 Å². The standard InChI is InChI=1S/C12H16BrN3O3S2/c13-12-3-2-10(20-12)4-5-15-21(18,19)11-8-14-16(9-11)6-1-7-17/h2-3,8-9,15,17H,1,4-7H2. The molecule has 0 radical (unpaired) electrons. The summed E-state index contributed by atoms with van der Waals surface area (Å²) in [6.07, 6.45) is 3.98. The summed E-state index contributed by atoms with van der Waals surface area (Å²) < 4.78 is 29.3. The maximum Gasteiger partial charge on any atom is 0.243 e. The molecule has 0 bridgehead atoms. The Morgan fingerprint density at radius 3 is 2.90 bits per heavy atom. The molecule has 0 aliphatic rings. The molecule has 0 aliphatic heterocycles. The first-order valence-corrected chi connectivity index (χ1v) is 9.48. The van der Waals surface area contributed by atoms with Crippen molar-refractivity contribution >= 4 is 37.3 Å². The molecule has 9 heteroatoms. The van der Waals surface area contributed by atoms with Gasteiger partial charge >= 0.3 is 0 Å². The topological polar surface area (TPSA) is 84.2 Å². The summed E-state index contributed by atoms with van der Waals surface area (Å²) in [4.78, 5) is 1.26. The SMILES string of the molecule is O=S(=O)(NCCc1ccc(Br)s1)c1cnn(CCCO)c1. The van der Waals surface area contributed by atoms with Gasteiger partial charge in [-0.1, -0.05) is 0 Å². The van der Waals surface area contributed by atoms with Crippen LogP contribution >= 0.6 is 27.3 Å². The van der Waals surface area contributed by atoms with Gasteiger partial charge in [-0.2, -0.15) is 5.10 Å². The Morgan fingerprint density at radius 2 is 2.24 bits per heavy atom. The molecule has 21 heavy (non-hydrogen) atoms. The van der Waals surface area contributed by atoms with Gasteiger partial charge in [-0.05, 0) is 40.9 Å². The lowest BCUT2D eigenvalue weighted by molar-refractivity contribution is 0.277. The predicted molar refractivity (Wildman–Crippen MR) is 84.8 cm³/mol. The van der Waals surface area contributed by atoms with Crippen molar-refractivity contribution in [1.29, 1.82) is 0 Å². The third kappa shape index (κ3) is 4.89. The van der Waals surface area contributed by atoms with Gasteiger partial charge in [0.15, 0.2) is 0 Å². The molecule has 2 N–H and O–H groups in total. The van der Waals surface area contributed by atoms with E-state index >= 15 is 0 Å². The molecule has 2 rings (SSSR count). The number of nitrogens with one attached hydrogen (secondary N) is 1. The molecular weight excluding hydrogens is 378 g/mol. The Hall–Kier alpha value is -0.740. The van der Waals surface area contributed by atoms with Crippen LogP contribution in [0.1, 0.15) is 11.3 Å². The molecule has 2 aromatic rings. The minimum absolute atomic E-state index is 0.0521. The summed E-state index contributed by atoms with van der Waals surface area (Å²) in [6, 6.07) is 3.91. The molecule has 2 aromatic heterocycles. The molecular formula is C12H16BrN3O3S2. The second-order valence-corrected chi connectivity index (χ2v) is 8.68. The molecule has 0 fully saturated rings. The van der Waals surface area contributed by atoms with Crippen molar-refractivity contribution < 1.29 is 13.5 Å². The van der Waals surface area contributed by atoms with Crippen molar-refractivity contribution in [3.05, 3.63) is 33.2 Å². The van der Waals surface area contributed by atoms with E-state index in [0.717, 1.165) is 8.66 Å². The van der Waals surface area contributed by atoms with Crippen molar-refractivity contribution in [2.24, 2.45) is 0 Å². The van der Waals surface area contributed by atoms with Gasteiger partial charge in [0.1, 0.15) is 4.90 Å². The predicted octanol–water partition coefficient (Wildman–Crippen LogP) is 1.61. The third-order valence-corrected chi connectivity index (χ3v) is 5.86. The Bertz CT molecular complexity index is 681. The molecule has 0 saturated heterocycles. The highest BCUT2D eigenvalue weighted by Gasteiger charge is 2.16. The first-order valence-electron chi connectivity index (χ1n) is 6.38. The summed E-state index contributed by atoms with van der Waals surface area (Å²) in [5.74, 6) is 0. The van der Waals surface area contributed by atoms with Gasteiger partial charge in [-0.3, -0.25) is 4.68 Å². The van der Waals surface area contributed by atoms with Crippen LogP contribution in [-0.4, -0.2) is 36.5 Å². The average molecular weight is 394 g/mol. The Kier molecular flexibility index (Phi) is 5.94. The molecule has 0 unspecified atom stereocenters. The third-order valence-electron chi connectivity index (χ3n) is 2.76. The van der Waals surface area contributed by atoms with Crippen LogP contribution in [0.2, 0.25) is 0 Å². The summed E-state index contributed by atoms with van der Waals surface area (Å²) >= 11 is 4.96. The highest BCUT2D eigenvalue weighted by molar-refractivity contribution is 9.11. The number of nitrogens with zero attached hydrogens (tertiary/aromatic N) is 2. The van der Waals surface area contributed by atoms with Crippen molar-refractivity contribution in [2.45, 2.75) is 24.3 Å². The number of hydrogen-bond acceptors (Lipinski definition) is 5. The zero-order chi connectivity index (χ0) is 15.3. The zero-order valence-corrected chi connectivity index (χ0v) is 14.4. The summed E-state index contributed by atoms with van der Waals surface area (Å²) in [5.41, 5.74) is 0. The van der Waals surface area contributed by atoms with Crippen LogP contribution in [0.15, 0.2) is 33.2 Å². The van der Waals surface area contributed by atoms with E-state index in [4.69, 9.17) is 5.11 Å². The van der Waals surface area contributed by atoms with Crippen LogP contribution in [-0.2, 0) is 23.0 Å². The van der Waals surface area contributed by atoms with Gasteiger partial charge in [-0.15, -0.1) is 11.3 Å². The molecule has 0 aromatic carbocycles. The number of thiophene rings is 1. The molecule has 0 atom stereocenters. The molecule has 116 valence electrons. The van der Waals surface area contributed by atoms with Crippen LogP contribution in [0.5, 0.6) is 0 Å². The van der Waals surface area contributed by atoms with Crippen molar-refractivity contribution in [2.75, 3.05) is 13.2 Å². The number of aryl methyl sites for hydroxylation is 1. The number of aliphatic hydroxyl groups excluding tert-OH is 1.